The van der Waals surface area contributed by atoms with Crippen LogP contribution in [0.15, 0.2) is 79.1 Å². The second kappa shape index (κ2) is 7.01. The van der Waals surface area contributed by atoms with E-state index in [1.54, 1.807) is 18.2 Å². The van der Waals surface area contributed by atoms with Gasteiger partial charge in [-0.3, -0.25) is 4.79 Å². The SMILES string of the molecule is O=C(Nc1cccc(-c2nc3ccccc3[nH]2)c1)c1ccccc1-n1cnnn1. The molecule has 0 bridgehead atoms. The molecule has 0 saturated heterocycles. The van der Waals surface area contributed by atoms with Crippen molar-refractivity contribution in [1.29, 1.82) is 0 Å². The van der Waals surface area contributed by atoms with Crippen molar-refractivity contribution >= 4 is 22.6 Å². The van der Waals surface area contributed by atoms with Crippen molar-refractivity contribution in [2.24, 2.45) is 0 Å². The lowest BCUT2D eigenvalue weighted by Crippen LogP contribution is -2.15. The number of rotatable bonds is 4. The van der Waals surface area contributed by atoms with Crippen LogP contribution in [0.1, 0.15) is 10.4 Å². The molecule has 2 N–H and O–H groups in total. The summed E-state index contributed by atoms with van der Waals surface area (Å²) in [4.78, 5) is 20.8. The summed E-state index contributed by atoms with van der Waals surface area (Å²) in [5, 5.41) is 14.1. The number of nitrogens with zero attached hydrogens (tertiary/aromatic N) is 5. The van der Waals surface area contributed by atoms with E-state index in [1.165, 1.54) is 11.0 Å². The number of fused-ring (bicyclic) bond motifs is 1. The molecular weight excluding hydrogens is 366 g/mol. The Labute approximate surface area is 165 Å². The third-order valence-corrected chi connectivity index (χ3v) is 4.53. The van der Waals surface area contributed by atoms with Crippen LogP contribution >= 0.6 is 0 Å². The van der Waals surface area contributed by atoms with Gasteiger partial charge in [0.1, 0.15) is 12.2 Å². The molecule has 5 aromatic rings. The molecule has 3 aromatic carbocycles. The molecule has 0 unspecified atom stereocenters. The molecule has 29 heavy (non-hydrogen) atoms. The first-order valence-corrected chi connectivity index (χ1v) is 8.97. The van der Waals surface area contributed by atoms with Crippen LogP contribution in [0, 0.1) is 0 Å². The quantitative estimate of drug-likeness (QED) is 0.496. The first-order chi connectivity index (χ1) is 14.3. The van der Waals surface area contributed by atoms with E-state index in [0.29, 0.717) is 16.9 Å². The van der Waals surface area contributed by atoms with E-state index >= 15 is 0 Å². The number of tetrazole rings is 1. The van der Waals surface area contributed by atoms with Gasteiger partial charge in [0.2, 0.25) is 0 Å². The molecule has 0 radical (unpaired) electrons. The van der Waals surface area contributed by atoms with Crippen molar-refractivity contribution in [3.8, 4) is 17.1 Å². The average Bonchev–Trinajstić information content (AvgIpc) is 3.44. The molecule has 8 nitrogen and oxygen atoms in total. The minimum atomic E-state index is -0.252. The normalized spacial score (nSPS) is 10.9. The van der Waals surface area contributed by atoms with E-state index in [-0.39, 0.29) is 5.91 Å². The molecule has 0 fully saturated rings. The second-order valence-corrected chi connectivity index (χ2v) is 6.41. The van der Waals surface area contributed by atoms with Gasteiger partial charge < -0.3 is 10.3 Å². The van der Waals surface area contributed by atoms with Gasteiger partial charge in [-0.2, -0.15) is 4.68 Å². The van der Waals surface area contributed by atoms with Crippen LogP contribution in [0.2, 0.25) is 0 Å². The molecule has 140 valence electrons. The Morgan fingerprint density at radius 1 is 0.966 bits per heavy atom. The maximum atomic E-state index is 12.9. The predicted molar refractivity (Wildman–Crippen MR) is 109 cm³/mol. The highest BCUT2D eigenvalue weighted by molar-refractivity contribution is 6.07. The van der Waals surface area contributed by atoms with E-state index in [0.717, 1.165) is 22.4 Å². The summed E-state index contributed by atoms with van der Waals surface area (Å²) in [7, 11) is 0. The number of imidazole rings is 1. The van der Waals surface area contributed by atoms with Gasteiger partial charge in [-0.15, -0.1) is 5.10 Å². The predicted octanol–water partition coefficient (Wildman–Crippen LogP) is 3.46. The van der Waals surface area contributed by atoms with Gasteiger partial charge in [-0.25, -0.2) is 4.98 Å². The van der Waals surface area contributed by atoms with Crippen molar-refractivity contribution in [3.63, 3.8) is 0 Å². The summed E-state index contributed by atoms with van der Waals surface area (Å²) >= 11 is 0. The number of aromatic amines is 1. The number of carbonyl (C=O) groups is 1. The summed E-state index contributed by atoms with van der Waals surface area (Å²) in [5.74, 6) is 0.495. The van der Waals surface area contributed by atoms with Crippen molar-refractivity contribution in [3.05, 3.63) is 84.7 Å². The van der Waals surface area contributed by atoms with E-state index in [9.17, 15) is 4.79 Å². The van der Waals surface area contributed by atoms with E-state index in [1.807, 2.05) is 54.6 Å². The summed E-state index contributed by atoms with van der Waals surface area (Å²) in [6, 6.07) is 22.5. The second-order valence-electron chi connectivity index (χ2n) is 6.41. The summed E-state index contributed by atoms with van der Waals surface area (Å²) < 4.78 is 1.46. The zero-order valence-corrected chi connectivity index (χ0v) is 15.1. The van der Waals surface area contributed by atoms with Gasteiger partial charge in [-0.1, -0.05) is 36.4 Å². The maximum absolute atomic E-state index is 12.9. The molecule has 5 rings (SSSR count). The fraction of sp³-hybridized carbons (Fsp3) is 0. The Hall–Kier alpha value is -4.33. The molecule has 0 aliphatic heterocycles. The number of anilines is 1. The topological polar surface area (TPSA) is 101 Å². The lowest BCUT2D eigenvalue weighted by Gasteiger charge is -2.10. The smallest absolute Gasteiger partial charge is 0.257 e. The molecule has 1 amide bonds. The van der Waals surface area contributed by atoms with Crippen molar-refractivity contribution in [2.75, 3.05) is 5.32 Å². The van der Waals surface area contributed by atoms with E-state index in [4.69, 9.17) is 0 Å². The van der Waals surface area contributed by atoms with Crippen molar-refractivity contribution in [1.82, 2.24) is 30.2 Å². The molecule has 2 aromatic heterocycles. The highest BCUT2D eigenvalue weighted by Crippen LogP contribution is 2.24. The number of nitrogens with one attached hydrogen (secondary N) is 2. The third-order valence-electron chi connectivity index (χ3n) is 4.53. The fourth-order valence-corrected chi connectivity index (χ4v) is 3.17. The Balaban J connectivity index is 1.45. The Morgan fingerprint density at radius 2 is 1.83 bits per heavy atom. The molecule has 0 aliphatic carbocycles. The first-order valence-electron chi connectivity index (χ1n) is 8.97. The Bertz CT molecular complexity index is 1270. The average molecular weight is 381 g/mol. The van der Waals surface area contributed by atoms with Gasteiger partial charge in [-0.05, 0) is 46.8 Å². The third kappa shape index (κ3) is 3.23. The lowest BCUT2D eigenvalue weighted by atomic mass is 10.1. The van der Waals surface area contributed by atoms with Gasteiger partial charge in [0.25, 0.3) is 5.91 Å². The molecule has 0 saturated carbocycles. The first kappa shape index (κ1) is 16.8. The van der Waals surface area contributed by atoms with Crippen LogP contribution in [-0.4, -0.2) is 36.1 Å². The minimum Gasteiger partial charge on any atom is -0.338 e. The van der Waals surface area contributed by atoms with Gasteiger partial charge in [0.05, 0.1) is 22.3 Å². The molecule has 0 atom stereocenters. The summed E-state index contributed by atoms with van der Waals surface area (Å²) in [6.07, 6.45) is 1.45. The molecule has 0 spiro atoms. The molecule has 8 heteroatoms. The number of carbonyl (C=O) groups excluding carboxylic acids is 1. The zero-order valence-electron chi connectivity index (χ0n) is 15.1. The van der Waals surface area contributed by atoms with Crippen LogP contribution in [0.4, 0.5) is 5.69 Å². The summed E-state index contributed by atoms with van der Waals surface area (Å²) in [5.41, 5.74) is 4.48. The van der Waals surface area contributed by atoms with Crippen LogP contribution < -0.4 is 5.32 Å². The number of hydrogen-bond donors (Lipinski definition) is 2. The molecular formula is C21H15N7O. The Kier molecular flexibility index (Phi) is 4.06. The fourth-order valence-electron chi connectivity index (χ4n) is 3.17. The highest BCUT2D eigenvalue weighted by atomic mass is 16.1. The van der Waals surface area contributed by atoms with E-state index in [2.05, 4.69) is 30.8 Å². The van der Waals surface area contributed by atoms with Crippen molar-refractivity contribution in [2.45, 2.75) is 0 Å². The molecule has 2 heterocycles. The van der Waals surface area contributed by atoms with Crippen LogP contribution in [0.25, 0.3) is 28.1 Å². The number of amides is 1. The Morgan fingerprint density at radius 3 is 2.69 bits per heavy atom. The highest BCUT2D eigenvalue weighted by Gasteiger charge is 2.14. The van der Waals surface area contributed by atoms with Gasteiger partial charge in [0, 0.05) is 11.3 Å². The monoisotopic (exact) mass is 381 g/mol. The van der Waals surface area contributed by atoms with Crippen LogP contribution in [0.5, 0.6) is 0 Å². The maximum Gasteiger partial charge on any atom is 0.257 e. The van der Waals surface area contributed by atoms with Crippen LogP contribution in [0.3, 0.4) is 0 Å². The van der Waals surface area contributed by atoms with Gasteiger partial charge >= 0.3 is 0 Å². The lowest BCUT2D eigenvalue weighted by molar-refractivity contribution is 0.102. The summed E-state index contributed by atoms with van der Waals surface area (Å²) in [6.45, 7) is 0. The number of para-hydroxylation sites is 3. The van der Waals surface area contributed by atoms with Crippen molar-refractivity contribution < 1.29 is 4.79 Å². The van der Waals surface area contributed by atoms with Crippen LogP contribution in [-0.2, 0) is 0 Å². The van der Waals surface area contributed by atoms with Gasteiger partial charge in [0.15, 0.2) is 0 Å². The van der Waals surface area contributed by atoms with E-state index < -0.39 is 0 Å². The minimum absolute atomic E-state index is 0.252. The standard InChI is InChI=1S/C21H15N7O/c29-21(16-8-1-4-11-19(16)28-13-22-26-27-28)23-15-7-5-6-14(12-15)20-24-17-9-2-3-10-18(17)25-20/h1-13H,(H,23,29)(H,24,25). The largest absolute Gasteiger partial charge is 0.338 e. The number of H-pyrrole nitrogens is 1. The molecule has 0 aliphatic rings. The number of hydrogen-bond acceptors (Lipinski definition) is 5. The number of aromatic nitrogens is 6. The number of benzene rings is 3. The zero-order chi connectivity index (χ0) is 19.6.